The number of nitrogens with one attached hydrogen (secondary N) is 2. The fourth-order valence-corrected chi connectivity index (χ4v) is 0.544. The van der Waals surface area contributed by atoms with Crippen LogP contribution in [-0.2, 0) is 0 Å². The van der Waals surface area contributed by atoms with Gasteiger partial charge in [0.15, 0.2) is 0 Å². The third-order valence-corrected chi connectivity index (χ3v) is 0.944. The fraction of sp³-hybridized carbons (Fsp3) is 0.667. The second kappa shape index (κ2) is 1.78. The molecule has 0 bridgehead atoms. The Morgan fingerprint density at radius 2 is 2.67 bits per heavy atom. The zero-order valence-corrected chi connectivity index (χ0v) is 4.00. The van der Waals surface area contributed by atoms with Crippen molar-refractivity contribution in [2.24, 2.45) is 0 Å². The Balaban J connectivity index is 2.18. The van der Waals surface area contributed by atoms with Crippen LogP contribution in [0, 0.1) is 6.54 Å². The van der Waals surface area contributed by atoms with Gasteiger partial charge in [0.05, 0.1) is 6.54 Å². The van der Waals surface area contributed by atoms with Crippen molar-refractivity contribution in [3.63, 3.8) is 0 Å². The van der Waals surface area contributed by atoms with Gasteiger partial charge in [-0.15, -0.1) is 11.6 Å². The van der Waals surface area contributed by atoms with Gasteiger partial charge < -0.3 is 0 Å². The van der Waals surface area contributed by atoms with Gasteiger partial charge in [0.1, 0.15) is 5.50 Å². The smallest absolute Gasteiger partial charge is 0.101 e. The van der Waals surface area contributed by atoms with E-state index < -0.39 is 0 Å². The summed E-state index contributed by atoms with van der Waals surface area (Å²) in [4.78, 5) is 0. The fourth-order valence-electron chi connectivity index (χ4n) is 0.378. The summed E-state index contributed by atoms with van der Waals surface area (Å²) >= 11 is 5.48. The maximum atomic E-state index is 5.48. The molecule has 1 aliphatic rings. The Morgan fingerprint density at radius 1 is 1.83 bits per heavy atom. The summed E-state index contributed by atoms with van der Waals surface area (Å²) in [6, 6.07) is 0. The molecule has 0 aromatic heterocycles. The number of rotatable bonds is 0. The minimum Gasteiger partial charge on any atom is -0.297 e. The van der Waals surface area contributed by atoms with Crippen LogP contribution in [-0.4, -0.2) is 12.2 Å². The van der Waals surface area contributed by atoms with E-state index >= 15 is 0 Å². The van der Waals surface area contributed by atoms with Crippen molar-refractivity contribution in [2.45, 2.75) is 5.50 Å². The quantitative estimate of drug-likeness (QED) is 0.331. The minimum atomic E-state index is 0.0324. The Labute approximate surface area is 41.9 Å². The lowest BCUT2D eigenvalue weighted by Crippen LogP contribution is -2.15. The van der Waals surface area contributed by atoms with Crippen LogP contribution in [0.15, 0.2) is 0 Å². The summed E-state index contributed by atoms with van der Waals surface area (Å²) in [5.74, 6) is 0. The molecule has 0 aromatic carbocycles. The van der Waals surface area contributed by atoms with Crippen molar-refractivity contribution >= 4 is 11.6 Å². The molecule has 1 radical (unpaired) electrons. The van der Waals surface area contributed by atoms with E-state index in [2.05, 4.69) is 10.6 Å². The van der Waals surface area contributed by atoms with E-state index in [0.29, 0.717) is 0 Å². The van der Waals surface area contributed by atoms with Crippen LogP contribution in [0.3, 0.4) is 0 Å². The molecule has 1 atom stereocenters. The summed E-state index contributed by atoms with van der Waals surface area (Å²) in [5, 5.41) is 5.82. The average Bonchev–Trinajstić information content (AvgIpc) is 1.86. The van der Waals surface area contributed by atoms with E-state index in [1.165, 1.54) is 0 Å². The molecule has 0 aromatic rings. The largest absolute Gasteiger partial charge is 0.297 e. The first kappa shape index (κ1) is 4.37. The molecule has 6 heavy (non-hydrogen) atoms. The minimum absolute atomic E-state index is 0.0324. The first-order chi connectivity index (χ1) is 2.89. The first-order valence-corrected chi connectivity index (χ1v) is 2.27. The van der Waals surface area contributed by atoms with Crippen LogP contribution >= 0.6 is 11.6 Å². The molecule has 0 amide bonds. The summed E-state index contributed by atoms with van der Waals surface area (Å²) in [6.07, 6.45) is 0. The van der Waals surface area contributed by atoms with Crippen molar-refractivity contribution < 1.29 is 0 Å². The molecule has 0 spiro atoms. The second-order valence-corrected chi connectivity index (χ2v) is 1.62. The third-order valence-electron chi connectivity index (χ3n) is 0.663. The van der Waals surface area contributed by atoms with Crippen molar-refractivity contribution in [3.05, 3.63) is 6.54 Å². The highest BCUT2D eigenvalue weighted by molar-refractivity contribution is 6.21. The molecule has 35 valence electrons. The lowest BCUT2D eigenvalue weighted by molar-refractivity contribution is 0.792. The zero-order chi connectivity index (χ0) is 4.41. The van der Waals surface area contributed by atoms with E-state index in [4.69, 9.17) is 11.6 Å². The molecule has 1 saturated heterocycles. The maximum absolute atomic E-state index is 5.48. The van der Waals surface area contributed by atoms with E-state index in [0.717, 1.165) is 6.67 Å². The van der Waals surface area contributed by atoms with Crippen LogP contribution in [0.4, 0.5) is 0 Å². The molecule has 2 nitrogen and oxygen atoms in total. The van der Waals surface area contributed by atoms with Crippen LogP contribution < -0.4 is 10.6 Å². The van der Waals surface area contributed by atoms with Crippen molar-refractivity contribution in [1.82, 2.24) is 10.6 Å². The van der Waals surface area contributed by atoms with E-state index in [1.807, 2.05) is 6.54 Å². The summed E-state index contributed by atoms with van der Waals surface area (Å²) in [6.45, 7) is 2.61. The van der Waals surface area contributed by atoms with Gasteiger partial charge in [0, 0.05) is 6.67 Å². The Bertz CT molecular complexity index is 42.1. The van der Waals surface area contributed by atoms with Gasteiger partial charge in [-0.05, 0) is 0 Å². The highest BCUT2D eigenvalue weighted by Crippen LogP contribution is 1.95. The molecular formula is C3H6ClN2. The first-order valence-electron chi connectivity index (χ1n) is 1.84. The lowest BCUT2D eigenvalue weighted by Gasteiger charge is -1.89. The van der Waals surface area contributed by atoms with Gasteiger partial charge in [-0.2, -0.15) is 0 Å². The maximum Gasteiger partial charge on any atom is 0.101 e. The normalized spacial score (nSPS) is 34.5. The predicted molar refractivity (Wildman–Crippen MR) is 25.1 cm³/mol. The molecule has 1 heterocycles. The highest BCUT2D eigenvalue weighted by atomic mass is 35.5. The molecule has 0 aliphatic carbocycles. The predicted octanol–water partition coefficient (Wildman–Crippen LogP) is -0.137. The molecule has 1 rings (SSSR count). The number of halogens is 1. The van der Waals surface area contributed by atoms with E-state index in [1.54, 1.807) is 0 Å². The molecule has 2 N–H and O–H groups in total. The van der Waals surface area contributed by atoms with Gasteiger partial charge in [0.2, 0.25) is 0 Å². The third kappa shape index (κ3) is 0.834. The number of alkyl halides is 1. The van der Waals surface area contributed by atoms with E-state index in [-0.39, 0.29) is 5.50 Å². The van der Waals surface area contributed by atoms with Gasteiger partial charge in [0.25, 0.3) is 0 Å². The summed E-state index contributed by atoms with van der Waals surface area (Å²) < 4.78 is 0. The van der Waals surface area contributed by atoms with Crippen LogP contribution in [0.25, 0.3) is 0 Å². The molecular weight excluding hydrogens is 99.5 g/mol. The topological polar surface area (TPSA) is 24.1 Å². The SMILES string of the molecule is ClC1[CH]NCN1. The highest BCUT2D eigenvalue weighted by Gasteiger charge is 2.07. The second-order valence-electron chi connectivity index (χ2n) is 1.15. The Hall–Kier alpha value is 0.210. The zero-order valence-electron chi connectivity index (χ0n) is 3.24. The van der Waals surface area contributed by atoms with Crippen LogP contribution in [0.2, 0.25) is 0 Å². The molecule has 1 unspecified atom stereocenters. The van der Waals surface area contributed by atoms with Gasteiger partial charge in [-0.3, -0.25) is 10.6 Å². The molecule has 1 aliphatic heterocycles. The van der Waals surface area contributed by atoms with Gasteiger partial charge in [-0.25, -0.2) is 0 Å². The summed E-state index contributed by atoms with van der Waals surface area (Å²) in [5.41, 5.74) is 0.0324. The standard InChI is InChI=1S/C3H6ClN2/c4-3-1-5-2-6-3/h1,3,5-6H,2H2. The Kier molecular flexibility index (Phi) is 1.29. The monoisotopic (exact) mass is 105 g/mol. The van der Waals surface area contributed by atoms with Crippen molar-refractivity contribution in [2.75, 3.05) is 6.67 Å². The lowest BCUT2D eigenvalue weighted by atomic mass is 10.7. The van der Waals surface area contributed by atoms with E-state index in [9.17, 15) is 0 Å². The molecule has 3 heteroatoms. The average molecular weight is 106 g/mol. The Morgan fingerprint density at radius 3 is 2.83 bits per heavy atom. The van der Waals surface area contributed by atoms with Crippen molar-refractivity contribution in [3.8, 4) is 0 Å². The van der Waals surface area contributed by atoms with Crippen LogP contribution in [0.5, 0.6) is 0 Å². The van der Waals surface area contributed by atoms with Crippen molar-refractivity contribution in [1.29, 1.82) is 0 Å². The molecule has 1 fully saturated rings. The molecule has 0 saturated carbocycles. The van der Waals surface area contributed by atoms with Gasteiger partial charge in [-0.1, -0.05) is 0 Å². The summed E-state index contributed by atoms with van der Waals surface area (Å²) in [7, 11) is 0. The van der Waals surface area contributed by atoms with Crippen LogP contribution in [0.1, 0.15) is 0 Å². The number of hydrogen-bond donors (Lipinski definition) is 2. The van der Waals surface area contributed by atoms with Gasteiger partial charge >= 0.3 is 0 Å². The number of hydrogen-bond acceptors (Lipinski definition) is 2.